The van der Waals surface area contributed by atoms with E-state index in [1.54, 1.807) is 12.1 Å². The van der Waals surface area contributed by atoms with E-state index < -0.39 is 5.82 Å². The number of hydrogen-bond acceptors (Lipinski definition) is 3. The number of halogens is 2. The number of nitrogens with zero attached hydrogens (tertiary/aromatic N) is 1. The Hall–Kier alpha value is -1.85. The van der Waals surface area contributed by atoms with Crippen molar-refractivity contribution in [2.45, 2.75) is 0 Å². The second-order valence-corrected chi connectivity index (χ2v) is 5.29. The van der Waals surface area contributed by atoms with Crippen molar-refractivity contribution in [3.8, 4) is 21.7 Å². The van der Waals surface area contributed by atoms with E-state index in [-0.39, 0.29) is 5.56 Å². The molecule has 3 N–H and O–H groups in total. The summed E-state index contributed by atoms with van der Waals surface area (Å²) >= 11 is 7.59. The maximum Gasteiger partial charge on any atom is 0.154 e. The number of thiophene rings is 1. The maximum absolute atomic E-state index is 14.0. The third-order valence-corrected chi connectivity index (χ3v) is 3.98. The van der Waals surface area contributed by atoms with Gasteiger partial charge in [-0.05, 0) is 23.6 Å². The molecule has 96 valence electrons. The number of benzene rings is 1. The molecule has 0 aliphatic carbocycles. The minimum atomic E-state index is -0.408. The van der Waals surface area contributed by atoms with Crippen molar-refractivity contribution in [1.29, 1.82) is 0 Å². The highest BCUT2D eigenvalue weighted by Crippen LogP contribution is 2.40. The molecule has 6 heteroatoms. The molecule has 2 heterocycles. The van der Waals surface area contributed by atoms with Gasteiger partial charge in [0.05, 0.1) is 21.8 Å². The number of nitrogen functional groups attached to an aromatic ring is 1. The lowest BCUT2D eigenvalue weighted by Gasteiger charge is -2.06. The number of aromatic nitrogens is 2. The first-order valence-corrected chi connectivity index (χ1v) is 6.76. The van der Waals surface area contributed by atoms with Crippen LogP contribution in [0.25, 0.3) is 21.7 Å². The van der Waals surface area contributed by atoms with Gasteiger partial charge >= 0.3 is 0 Å². The molecule has 0 spiro atoms. The molecule has 3 nitrogen and oxygen atoms in total. The SMILES string of the molecule is Nc1n[nH]c(-c2c(F)cccc2Cl)c1-c1cccs1. The predicted octanol–water partition coefficient (Wildman–Crippen LogP) is 4.18. The smallest absolute Gasteiger partial charge is 0.154 e. The maximum atomic E-state index is 14.0. The number of nitrogens with one attached hydrogen (secondary N) is 1. The van der Waals surface area contributed by atoms with Crippen LogP contribution in [0.1, 0.15) is 0 Å². The zero-order valence-corrected chi connectivity index (χ0v) is 11.2. The van der Waals surface area contributed by atoms with Crippen LogP contribution in [0.3, 0.4) is 0 Å². The third kappa shape index (κ3) is 2.01. The van der Waals surface area contributed by atoms with Crippen molar-refractivity contribution >= 4 is 28.8 Å². The van der Waals surface area contributed by atoms with E-state index in [4.69, 9.17) is 17.3 Å². The Labute approximate surface area is 117 Å². The van der Waals surface area contributed by atoms with Gasteiger partial charge in [0.25, 0.3) is 0 Å². The van der Waals surface area contributed by atoms with Crippen LogP contribution >= 0.6 is 22.9 Å². The second kappa shape index (κ2) is 4.68. The summed E-state index contributed by atoms with van der Waals surface area (Å²) in [5, 5.41) is 8.98. The highest BCUT2D eigenvalue weighted by Gasteiger charge is 2.20. The number of hydrogen-bond donors (Lipinski definition) is 2. The van der Waals surface area contributed by atoms with Gasteiger partial charge in [-0.25, -0.2) is 4.39 Å². The zero-order chi connectivity index (χ0) is 13.4. The minimum Gasteiger partial charge on any atom is -0.382 e. The van der Waals surface area contributed by atoms with Crippen LogP contribution in [0.4, 0.5) is 10.2 Å². The van der Waals surface area contributed by atoms with E-state index >= 15 is 0 Å². The molecule has 2 aromatic heterocycles. The molecule has 1 aromatic carbocycles. The Bertz CT molecular complexity index is 701. The lowest BCUT2D eigenvalue weighted by Crippen LogP contribution is -1.89. The van der Waals surface area contributed by atoms with Crippen molar-refractivity contribution in [1.82, 2.24) is 10.2 Å². The summed E-state index contributed by atoms with van der Waals surface area (Å²) < 4.78 is 14.0. The fraction of sp³-hybridized carbons (Fsp3) is 0. The van der Waals surface area contributed by atoms with Crippen LogP contribution < -0.4 is 5.73 Å². The molecule has 0 radical (unpaired) electrons. The summed E-state index contributed by atoms with van der Waals surface area (Å²) in [6.07, 6.45) is 0. The lowest BCUT2D eigenvalue weighted by atomic mass is 10.1. The van der Waals surface area contributed by atoms with Gasteiger partial charge in [0.1, 0.15) is 5.82 Å². The van der Waals surface area contributed by atoms with Crippen LogP contribution in [-0.2, 0) is 0 Å². The minimum absolute atomic E-state index is 0.289. The number of rotatable bonds is 2. The van der Waals surface area contributed by atoms with Crippen LogP contribution in [0, 0.1) is 5.82 Å². The molecule has 3 aromatic rings. The van der Waals surface area contributed by atoms with Gasteiger partial charge in [0, 0.05) is 4.88 Å². The summed E-state index contributed by atoms with van der Waals surface area (Å²) in [7, 11) is 0. The lowest BCUT2D eigenvalue weighted by molar-refractivity contribution is 0.631. The Morgan fingerprint density at radius 1 is 1.21 bits per heavy atom. The van der Waals surface area contributed by atoms with Crippen LogP contribution in [-0.4, -0.2) is 10.2 Å². The predicted molar refractivity (Wildman–Crippen MR) is 76.7 cm³/mol. The summed E-state index contributed by atoms with van der Waals surface area (Å²) in [5.74, 6) is -0.0780. The molecule has 0 aliphatic rings. The van der Waals surface area contributed by atoms with Gasteiger partial charge in [-0.15, -0.1) is 11.3 Å². The van der Waals surface area contributed by atoms with Gasteiger partial charge in [0.2, 0.25) is 0 Å². The molecule has 3 rings (SSSR count). The molecule has 19 heavy (non-hydrogen) atoms. The Morgan fingerprint density at radius 2 is 2.05 bits per heavy atom. The molecule has 0 aliphatic heterocycles. The Kier molecular flexibility index (Phi) is 3.00. The van der Waals surface area contributed by atoms with E-state index in [1.807, 2.05) is 17.5 Å². The zero-order valence-electron chi connectivity index (χ0n) is 9.65. The molecule has 0 bridgehead atoms. The van der Waals surface area contributed by atoms with E-state index in [0.29, 0.717) is 22.1 Å². The average Bonchev–Trinajstić information content (AvgIpc) is 2.99. The monoisotopic (exact) mass is 293 g/mol. The van der Waals surface area contributed by atoms with E-state index in [1.165, 1.54) is 17.4 Å². The summed E-state index contributed by atoms with van der Waals surface area (Å²) in [4.78, 5) is 0.917. The third-order valence-electron chi connectivity index (χ3n) is 2.77. The first-order chi connectivity index (χ1) is 9.18. The Balaban J connectivity index is 2.28. The summed E-state index contributed by atoms with van der Waals surface area (Å²) in [6.45, 7) is 0. The number of anilines is 1. The van der Waals surface area contributed by atoms with Crippen LogP contribution in [0.15, 0.2) is 35.7 Å². The molecule has 0 fully saturated rings. The van der Waals surface area contributed by atoms with Gasteiger partial charge in [0.15, 0.2) is 5.82 Å². The van der Waals surface area contributed by atoms with Gasteiger partial charge in [-0.3, -0.25) is 5.10 Å². The first-order valence-electron chi connectivity index (χ1n) is 5.50. The number of H-pyrrole nitrogens is 1. The van der Waals surface area contributed by atoms with Crippen molar-refractivity contribution in [2.24, 2.45) is 0 Å². The molecule has 0 saturated heterocycles. The van der Waals surface area contributed by atoms with Crippen molar-refractivity contribution in [2.75, 3.05) is 5.73 Å². The molecule has 0 atom stereocenters. The topological polar surface area (TPSA) is 54.7 Å². The first kappa shape index (κ1) is 12.2. The quantitative estimate of drug-likeness (QED) is 0.744. The normalized spacial score (nSPS) is 10.8. The van der Waals surface area contributed by atoms with E-state index in [0.717, 1.165) is 4.88 Å². The fourth-order valence-electron chi connectivity index (χ4n) is 1.94. The summed E-state index contributed by atoms with van der Waals surface area (Å²) in [6, 6.07) is 8.36. The number of aromatic amines is 1. The van der Waals surface area contributed by atoms with Crippen molar-refractivity contribution in [3.05, 3.63) is 46.6 Å². The van der Waals surface area contributed by atoms with Crippen LogP contribution in [0.2, 0.25) is 5.02 Å². The molecule has 0 unspecified atom stereocenters. The largest absolute Gasteiger partial charge is 0.382 e. The molecular formula is C13H9ClFN3S. The van der Waals surface area contributed by atoms with Crippen molar-refractivity contribution < 1.29 is 4.39 Å². The van der Waals surface area contributed by atoms with Gasteiger partial charge in [-0.1, -0.05) is 23.7 Å². The van der Waals surface area contributed by atoms with E-state index in [9.17, 15) is 4.39 Å². The highest BCUT2D eigenvalue weighted by atomic mass is 35.5. The molecule has 0 amide bonds. The second-order valence-electron chi connectivity index (χ2n) is 3.93. The molecular weight excluding hydrogens is 285 g/mol. The number of nitrogens with two attached hydrogens (primary N) is 1. The van der Waals surface area contributed by atoms with Crippen molar-refractivity contribution in [3.63, 3.8) is 0 Å². The standard InChI is InChI=1S/C13H9ClFN3S/c14-7-3-1-4-8(15)10(7)12-11(13(16)18-17-12)9-5-2-6-19-9/h1-6H,(H3,16,17,18). The van der Waals surface area contributed by atoms with Gasteiger partial charge < -0.3 is 5.73 Å². The highest BCUT2D eigenvalue weighted by molar-refractivity contribution is 7.13. The molecule has 0 saturated carbocycles. The van der Waals surface area contributed by atoms with Gasteiger partial charge in [-0.2, -0.15) is 5.10 Å². The fourth-order valence-corrected chi connectivity index (χ4v) is 2.99. The van der Waals surface area contributed by atoms with Crippen LogP contribution in [0.5, 0.6) is 0 Å². The Morgan fingerprint density at radius 3 is 2.74 bits per heavy atom. The average molecular weight is 294 g/mol. The van der Waals surface area contributed by atoms with E-state index in [2.05, 4.69) is 10.2 Å². The summed E-state index contributed by atoms with van der Waals surface area (Å²) in [5.41, 5.74) is 7.34.